The average Bonchev–Trinajstić information content (AvgIpc) is 3.44. The number of β-amino-alcohol motifs (C(OH)–C–C–N with tert-alkyl or cyclic N) is 1. The summed E-state index contributed by atoms with van der Waals surface area (Å²) >= 11 is 0. The van der Waals surface area contributed by atoms with Crippen LogP contribution in [-0.2, 0) is 19.8 Å². The summed E-state index contributed by atoms with van der Waals surface area (Å²) in [6.07, 6.45) is -1.60. The van der Waals surface area contributed by atoms with Crippen molar-refractivity contribution < 1.29 is 23.1 Å². The van der Waals surface area contributed by atoms with Crippen molar-refractivity contribution in [3.05, 3.63) is 76.7 Å². The number of nitrogens with zero attached hydrogens (tertiary/aromatic N) is 6. The summed E-state index contributed by atoms with van der Waals surface area (Å²) in [6.45, 7) is 4.82. The van der Waals surface area contributed by atoms with Crippen molar-refractivity contribution in [2.24, 2.45) is 7.05 Å². The summed E-state index contributed by atoms with van der Waals surface area (Å²) < 4.78 is 43.9. The zero-order valence-corrected chi connectivity index (χ0v) is 21.0. The van der Waals surface area contributed by atoms with E-state index in [9.17, 15) is 23.1 Å². The average molecular weight is 526 g/mol. The molecular formula is C26H26F3N7O2. The summed E-state index contributed by atoms with van der Waals surface area (Å²) in [5, 5.41) is 24.8. The van der Waals surface area contributed by atoms with Crippen LogP contribution in [0.25, 0.3) is 16.9 Å². The zero-order valence-electron chi connectivity index (χ0n) is 21.0. The molecule has 5 rings (SSSR count). The van der Waals surface area contributed by atoms with Crippen molar-refractivity contribution in [1.82, 2.24) is 29.7 Å². The first-order chi connectivity index (χ1) is 18.0. The fourth-order valence-electron chi connectivity index (χ4n) is 4.40. The highest BCUT2D eigenvalue weighted by Crippen LogP contribution is 2.33. The monoisotopic (exact) mass is 525 g/mol. The molecule has 1 fully saturated rings. The van der Waals surface area contributed by atoms with E-state index in [-0.39, 0.29) is 17.8 Å². The number of benzene rings is 2. The van der Waals surface area contributed by atoms with E-state index in [0.29, 0.717) is 30.0 Å². The van der Waals surface area contributed by atoms with Crippen molar-refractivity contribution in [1.29, 1.82) is 0 Å². The lowest BCUT2D eigenvalue weighted by Crippen LogP contribution is -2.49. The molecule has 0 radical (unpaired) electrons. The Hall–Kier alpha value is -4.03. The SMILES string of the molecule is Cc1ccc(C(=O)Nc2cc(CN3CC(O)C3)cc(C(F)(F)F)c2)cc1-n1cc(-c2cnn(C)c2C)nn1. The van der Waals surface area contributed by atoms with Gasteiger partial charge >= 0.3 is 6.18 Å². The zero-order chi connectivity index (χ0) is 27.2. The van der Waals surface area contributed by atoms with Crippen molar-refractivity contribution in [2.45, 2.75) is 32.7 Å². The Bertz CT molecular complexity index is 1500. The molecule has 2 aromatic heterocycles. The molecule has 1 saturated heterocycles. The van der Waals surface area contributed by atoms with Gasteiger partial charge in [0.15, 0.2) is 0 Å². The third kappa shape index (κ3) is 5.18. The molecule has 0 unspecified atom stereocenters. The normalized spacial score (nSPS) is 14.5. The molecule has 0 bridgehead atoms. The molecule has 38 heavy (non-hydrogen) atoms. The lowest BCUT2D eigenvalue weighted by atomic mass is 10.0. The van der Waals surface area contributed by atoms with Crippen LogP contribution in [0.3, 0.4) is 0 Å². The first kappa shape index (κ1) is 25.6. The number of aryl methyl sites for hydroxylation is 2. The van der Waals surface area contributed by atoms with Gasteiger partial charge in [-0.15, -0.1) is 5.10 Å². The van der Waals surface area contributed by atoms with Crippen LogP contribution < -0.4 is 5.32 Å². The number of aliphatic hydroxyl groups is 1. The van der Waals surface area contributed by atoms with E-state index in [1.54, 1.807) is 40.0 Å². The lowest BCUT2D eigenvalue weighted by molar-refractivity contribution is -0.137. The summed E-state index contributed by atoms with van der Waals surface area (Å²) in [4.78, 5) is 14.9. The van der Waals surface area contributed by atoms with Crippen LogP contribution in [0.1, 0.15) is 32.7 Å². The van der Waals surface area contributed by atoms with Gasteiger partial charge < -0.3 is 10.4 Å². The molecule has 1 aliphatic rings. The highest BCUT2D eigenvalue weighted by molar-refractivity contribution is 6.04. The van der Waals surface area contributed by atoms with Crippen LogP contribution in [-0.4, -0.2) is 59.9 Å². The number of hydrogen-bond donors (Lipinski definition) is 2. The first-order valence-corrected chi connectivity index (χ1v) is 11.9. The predicted octanol–water partition coefficient (Wildman–Crippen LogP) is 3.73. The second-order valence-corrected chi connectivity index (χ2v) is 9.54. The number of aromatic nitrogens is 5. The lowest BCUT2D eigenvalue weighted by Gasteiger charge is -2.36. The highest BCUT2D eigenvalue weighted by atomic mass is 19.4. The molecule has 0 atom stereocenters. The molecule has 2 aromatic carbocycles. The standard InChI is InChI=1S/C26H26F3N7O2/c1-15-4-5-18(8-24(15)36-14-23(32-33-36)22-10-30-34(3)16(22)2)25(38)31-20-7-17(11-35-12-21(37)13-35)6-19(9-20)26(27,28)29/h4-10,14,21,37H,11-13H2,1-3H3,(H,31,38). The topological polar surface area (TPSA) is 101 Å². The molecule has 198 valence electrons. The molecule has 12 heteroatoms. The number of carbonyl (C=O) groups excluding carboxylic acids is 1. The van der Waals surface area contributed by atoms with E-state index >= 15 is 0 Å². The third-order valence-electron chi connectivity index (χ3n) is 6.64. The summed E-state index contributed by atoms with van der Waals surface area (Å²) in [6, 6.07) is 8.47. The second kappa shape index (κ2) is 9.69. The van der Waals surface area contributed by atoms with Crippen LogP contribution in [0.15, 0.2) is 48.8 Å². The Morgan fingerprint density at radius 1 is 1.16 bits per heavy atom. The largest absolute Gasteiger partial charge is 0.416 e. The van der Waals surface area contributed by atoms with Crippen molar-refractivity contribution in [3.8, 4) is 16.9 Å². The van der Waals surface area contributed by atoms with E-state index in [1.165, 1.54) is 6.07 Å². The molecule has 9 nitrogen and oxygen atoms in total. The number of likely N-dealkylation sites (tertiary alicyclic amines) is 1. The van der Waals surface area contributed by atoms with Gasteiger partial charge in [0.05, 0.1) is 29.7 Å². The Morgan fingerprint density at radius 2 is 1.92 bits per heavy atom. The molecule has 1 aliphatic heterocycles. The maximum Gasteiger partial charge on any atom is 0.416 e. The highest BCUT2D eigenvalue weighted by Gasteiger charge is 2.32. The summed E-state index contributed by atoms with van der Waals surface area (Å²) in [5.74, 6) is -0.556. The number of anilines is 1. The molecular weight excluding hydrogens is 499 g/mol. The smallest absolute Gasteiger partial charge is 0.390 e. The maximum atomic E-state index is 13.6. The minimum Gasteiger partial charge on any atom is -0.390 e. The molecule has 0 aliphatic carbocycles. The van der Waals surface area contributed by atoms with Crippen LogP contribution in [0, 0.1) is 13.8 Å². The second-order valence-electron chi connectivity index (χ2n) is 9.54. The van der Waals surface area contributed by atoms with Gasteiger partial charge in [0, 0.05) is 49.2 Å². The van der Waals surface area contributed by atoms with Crippen LogP contribution in [0.5, 0.6) is 0 Å². The molecule has 1 amide bonds. The minimum atomic E-state index is -4.57. The Labute approximate surface area is 216 Å². The predicted molar refractivity (Wildman–Crippen MR) is 134 cm³/mol. The van der Waals surface area contributed by atoms with Gasteiger partial charge in [-0.25, -0.2) is 4.68 Å². The summed E-state index contributed by atoms with van der Waals surface area (Å²) in [7, 11) is 1.83. The number of aliphatic hydroxyl groups excluding tert-OH is 1. The van der Waals surface area contributed by atoms with Gasteiger partial charge in [-0.3, -0.25) is 14.4 Å². The molecule has 0 saturated carbocycles. The number of hydrogen-bond acceptors (Lipinski definition) is 6. The van der Waals surface area contributed by atoms with E-state index in [0.717, 1.165) is 29.0 Å². The van der Waals surface area contributed by atoms with E-state index in [1.807, 2.05) is 25.8 Å². The Kier molecular flexibility index (Phi) is 6.53. The maximum absolute atomic E-state index is 13.6. The Morgan fingerprint density at radius 3 is 2.58 bits per heavy atom. The molecule has 3 heterocycles. The first-order valence-electron chi connectivity index (χ1n) is 11.9. The van der Waals surface area contributed by atoms with E-state index < -0.39 is 23.8 Å². The van der Waals surface area contributed by atoms with Gasteiger partial charge in [0.2, 0.25) is 0 Å². The van der Waals surface area contributed by atoms with Gasteiger partial charge in [-0.1, -0.05) is 11.3 Å². The van der Waals surface area contributed by atoms with Gasteiger partial charge in [0.1, 0.15) is 5.69 Å². The van der Waals surface area contributed by atoms with E-state index in [2.05, 4.69) is 20.7 Å². The molecule has 0 spiro atoms. The van der Waals surface area contributed by atoms with E-state index in [4.69, 9.17) is 0 Å². The number of carbonyl (C=O) groups is 1. The number of rotatable bonds is 6. The quantitative estimate of drug-likeness (QED) is 0.398. The van der Waals surface area contributed by atoms with Gasteiger partial charge in [0.25, 0.3) is 5.91 Å². The summed E-state index contributed by atoms with van der Waals surface area (Å²) in [5.41, 5.74) is 3.66. The fourth-order valence-corrected chi connectivity index (χ4v) is 4.40. The third-order valence-corrected chi connectivity index (χ3v) is 6.64. The van der Waals surface area contributed by atoms with Crippen LogP contribution >= 0.6 is 0 Å². The number of amides is 1. The van der Waals surface area contributed by atoms with Gasteiger partial charge in [-0.2, -0.15) is 18.3 Å². The molecule has 4 aromatic rings. The fraction of sp³-hybridized carbons (Fsp3) is 0.308. The van der Waals surface area contributed by atoms with Crippen LogP contribution in [0.4, 0.5) is 18.9 Å². The number of nitrogens with one attached hydrogen (secondary N) is 1. The van der Waals surface area contributed by atoms with Crippen molar-refractivity contribution in [2.75, 3.05) is 18.4 Å². The Balaban J connectivity index is 1.40. The minimum absolute atomic E-state index is 0.0399. The van der Waals surface area contributed by atoms with Crippen molar-refractivity contribution in [3.63, 3.8) is 0 Å². The number of halogens is 3. The number of alkyl halides is 3. The van der Waals surface area contributed by atoms with Crippen LogP contribution in [0.2, 0.25) is 0 Å². The molecule has 2 N–H and O–H groups in total. The van der Waals surface area contributed by atoms with Crippen molar-refractivity contribution >= 4 is 11.6 Å². The van der Waals surface area contributed by atoms with Gasteiger partial charge in [-0.05, 0) is 55.3 Å².